The first kappa shape index (κ1) is 18.7. The second-order valence-electron chi connectivity index (χ2n) is 7.60. The zero-order valence-corrected chi connectivity index (χ0v) is 16.0. The lowest BCUT2D eigenvalue weighted by Crippen LogP contribution is -2.24. The number of carbonyl (C=O) groups is 1. The standard InChI is InChI=1S/C24H30O2/c1-3-19-8-15-23(16-9-19)26-24(25)17-10-20-6-13-22(14-7-20)21-11-4-18(2)5-12-21/h4-7,11-14,19,23H,3,8-10,15-17H2,1-2H3. The SMILES string of the molecule is CCC1CCC(OC(=O)CCc2ccc(-c3ccc(C)cc3)cc2)CC1. The molecule has 0 amide bonds. The van der Waals surface area contributed by atoms with Crippen LogP contribution in [-0.4, -0.2) is 12.1 Å². The minimum absolute atomic E-state index is 0.0486. The van der Waals surface area contributed by atoms with E-state index in [0.717, 1.165) is 25.2 Å². The zero-order chi connectivity index (χ0) is 18.4. The molecule has 2 aromatic rings. The van der Waals surface area contributed by atoms with E-state index in [4.69, 9.17) is 4.74 Å². The Kier molecular flexibility index (Phi) is 6.49. The summed E-state index contributed by atoms with van der Waals surface area (Å²) in [6, 6.07) is 17.1. The molecule has 3 rings (SSSR count). The van der Waals surface area contributed by atoms with Gasteiger partial charge in [0, 0.05) is 6.42 Å². The molecule has 1 saturated carbocycles. The van der Waals surface area contributed by atoms with Gasteiger partial charge in [0.15, 0.2) is 0 Å². The van der Waals surface area contributed by atoms with Crippen molar-refractivity contribution in [1.29, 1.82) is 0 Å². The lowest BCUT2D eigenvalue weighted by Gasteiger charge is -2.27. The quantitative estimate of drug-likeness (QED) is 0.588. The molecule has 0 saturated heterocycles. The summed E-state index contributed by atoms with van der Waals surface area (Å²) >= 11 is 0. The van der Waals surface area contributed by atoms with Crippen molar-refractivity contribution in [2.45, 2.75) is 64.9 Å². The summed E-state index contributed by atoms with van der Waals surface area (Å²) < 4.78 is 5.67. The Balaban J connectivity index is 1.46. The minimum atomic E-state index is -0.0486. The van der Waals surface area contributed by atoms with Crippen molar-refractivity contribution in [3.05, 3.63) is 59.7 Å². The fraction of sp³-hybridized carbons (Fsp3) is 0.458. The van der Waals surface area contributed by atoms with Crippen LogP contribution in [0.15, 0.2) is 48.5 Å². The molecule has 0 aromatic heterocycles. The fourth-order valence-electron chi connectivity index (χ4n) is 3.76. The summed E-state index contributed by atoms with van der Waals surface area (Å²) in [6.45, 7) is 4.35. The van der Waals surface area contributed by atoms with E-state index in [-0.39, 0.29) is 12.1 Å². The van der Waals surface area contributed by atoms with Gasteiger partial charge in [-0.1, -0.05) is 67.4 Å². The van der Waals surface area contributed by atoms with Crippen LogP contribution in [-0.2, 0) is 16.0 Å². The van der Waals surface area contributed by atoms with Crippen molar-refractivity contribution in [2.75, 3.05) is 0 Å². The minimum Gasteiger partial charge on any atom is -0.462 e. The highest BCUT2D eigenvalue weighted by Crippen LogP contribution is 2.28. The molecular formula is C24H30O2. The number of rotatable bonds is 6. The molecule has 2 heteroatoms. The molecule has 0 unspecified atom stereocenters. The maximum atomic E-state index is 12.1. The number of hydrogen-bond acceptors (Lipinski definition) is 2. The van der Waals surface area contributed by atoms with Crippen molar-refractivity contribution in [1.82, 2.24) is 0 Å². The zero-order valence-electron chi connectivity index (χ0n) is 16.0. The van der Waals surface area contributed by atoms with Crippen molar-refractivity contribution in [2.24, 2.45) is 5.92 Å². The highest BCUT2D eigenvalue weighted by atomic mass is 16.5. The predicted molar refractivity (Wildman–Crippen MR) is 107 cm³/mol. The second-order valence-corrected chi connectivity index (χ2v) is 7.60. The molecule has 26 heavy (non-hydrogen) atoms. The molecular weight excluding hydrogens is 320 g/mol. The number of hydrogen-bond donors (Lipinski definition) is 0. The van der Waals surface area contributed by atoms with E-state index >= 15 is 0 Å². The molecule has 138 valence electrons. The molecule has 1 aliphatic carbocycles. The second kappa shape index (κ2) is 9.02. The van der Waals surface area contributed by atoms with Crippen LogP contribution in [0.2, 0.25) is 0 Å². The predicted octanol–water partition coefficient (Wildman–Crippen LogP) is 6.11. The van der Waals surface area contributed by atoms with Gasteiger partial charge in [-0.05, 0) is 61.6 Å². The van der Waals surface area contributed by atoms with E-state index < -0.39 is 0 Å². The third kappa shape index (κ3) is 5.20. The first-order valence-corrected chi connectivity index (χ1v) is 9.99. The molecule has 0 N–H and O–H groups in total. The molecule has 0 spiro atoms. The van der Waals surface area contributed by atoms with E-state index in [1.807, 2.05) is 0 Å². The van der Waals surface area contributed by atoms with E-state index in [0.29, 0.717) is 6.42 Å². The van der Waals surface area contributed by atoms with Gasteiger partial charge in [-0.25, -0.2) is 0 Å². The Labute approximate surface area is 157 Å². The van der Waals surface area contributed by atoms with Crippen LogP contribution in [0.5, 0.6) is 0 Å². The largest absolute Gasteiger partial charge is 0.462 e. The number of carbonyl (C=O) groups excluding carboxylic acids is 1. The highest BCUT2D eigenvalue weighted by Gasteiger charge is 2.22. The van der Waals surface area contributed by atoms with Gasteiger partial charge in [0.25, 0.3) is 0 Å². The van der Waals surface area contributed by atoms with Crippen molar-refractivity contribution >= 4 is 5.97 Å². The highest BCUT2D eigenvalue weighted by molar-refractivity contribution is 5.70. The topological polar surface area (TPSA) is 26.3 Å². The molecule has 0 atom stereocenters. The third-order valence-corrected chi connectivity index (χ3v) is 5.63. The first-order chi connectivity index (χ1) is 12.6. The van der Waals surface area contributed by atoms with Crippen LogP contribution in [0.25, 0.3) is 11.1 Å². The van der Waals surface area contributed by atoms with Crippen molar-refractivity contribution in [3.63, 3.8) is 0 Å². The first-order valence-electron chi connectivity index (χ1n) is 9.99. The smallest absolute Gasteiger partial charge is 0.306 e. The summed E-state index contributed by atoms with van der Waals surface area (Å²) in [4.78, 5) is 12.1. The summed E-state index contributed by atoms with van der Waals surface area (Å²) in [5, 5.41) is 0. The van der Waals surface area contributed by atoms with Gasteiger partial charge >= 0.3 is 5.97 Å². The van der Waals surface area contributed by atoms with E-state index in [1.54, 1.807) is 0 Å². The summed E-state index contributed by atoms with van der Waals surface area (Å²) in [7, 11) is 0. The van der Waals surface area contributed by atoms with E-state index in [9.17, 15) is 4.79 Å². The Morgan fingerprint density at radius 1 is 0.923 bits per heavy atom. The molecule has 0 radical (unpaired) electrons. The molecule has 0 aliphatic heterocycles. The van der Waals surface area contributed by atoms with Crippen LogP contribution in [0, 0.1) is 12.8 Å². The normalized spacial score (nSPS) is 19.9. The summed E-state index contributed by atoms with van der Waals surface area (Å²) in [5.74, 6) is 0.782. The van der Waals surface area contributed by atoms with Gasteiger partial charge in [-0.2, -0.15) is 0 Å². The fourth-order valence-corrected chi connectivity index (χ4v) is 3.76. The molecule has 1 fully saturated rings. The average molecular weight is 351 g/mol. The molecule has 0 heterocycles. The van der Waals surface area contributed by atoms with Gasteiger partial charge in [-0.3, -0.25) is 4.79 Å². The lowest BCUT2D eigenvalue weighted by atomic mass is 9.86. The van der Waals surface area contributed by atoms with Crippen LogP contribution >= 0.6 is 0 Å². The maximum Gasteiger partial charge on any atom is 0.306 e. The average Bonchev–Trinajstić information content (AvgIpc) is 2.68. The number of benzene rings is 2. The Bertz CT molecular complexity index is 692. The molecule has 0 bridgehead atoms. The molecule has 1 aliphatic rings. The number of ether oxygens (including phenoxy) is 1. The monoisotopic (exact) mass is 350 g/mol. The number of aryl methyl sites for hydroxylation is 2. The van der Waals surface area contributed by atoms with Gasteiger partial charge < -0.3 is 4.74 Å². The van der Waals surface area contributed by atoms with E-state index in [2.05, 4.69) is 62.4 Å². The lowest BCUT2D eigenvalue weighted by molar-refractivity contribution is -0.150. The van der Waals surface area contributed by atoms with Crippen LogP contribution < -0.4 is 0 Å². The van der Waals surface area contributed by atoms with Gasteiger partial charge in [0.2, 0.25) is 0 Å². The van der Waals surface area contributed by atoms with Gasteiger partial charge in [0.1, 0.15) is 6.10 Å². The molecule has 2 aromatic carbocycles. The Morgan fingerprint density at radius 3 is 2.08 bits per heavy atom. The van der Waals surface area contributed by atoms with Crippen molar-refractivity contribution in [3.8, 4) is 11.1 Å². The van der Waals surface area contributed by atoms with Gasteiger partial charge in [0.05, 0.1) is 0 Å². The van der Waals surface area contributed by atoms with Crippen molar-refractivity contribution < 1.29 is 9.53 Å². The Morgan fingerprint density at radius 2 is 1.50 bits per heavy atom. The van der Waals surface area contributed by atoms with Crippen LogP contribution in [0.4, 0.5) is 0 Å². The summed E-state index contributed by atoms with van der Waals surface area (Å²) in [6.07, 6.45) is 7.09. The van der Waals surface area contributed by atoms with Gasteiger partial charge in [-0.15, -0.1) is 0 Å². The Hall–Kier alpha value is -2.09. The third-order valence-electron chi connectivity index (χ3n) is 5.63. The van der Waals surface area contributed by atoms with E-state index in [1.165, 1.54) is 41.5 Å². The molecule has 2 nitrogen and oxygen atoms in total. The van der Waals surface area contributed by atoms with Crippen LogP contribution in [0.3, 0.4) is 0 Å². The van der Waals surface area contributed by atoms with Crippen LogP contribution in [0.1, 0.15) is 56.6 Å². The maximum absolute atomic E-state index is 12.1. The summed E-state index contributed by atoms with van der Waals surface area (Å²) in [5.41, 5.74) is 4.90. The number of esters is 1.